The average Bonchev–Trinajstić information content (AvgIpc) is 2.56. The molecule has 4 nitrogen and oxygen atoms in total. The molecule has 2 aromatic carbocycles. The van der Waals surface area contributed by atoms with E-state index in [-0.39, 0.29) is 11.3 Å². The standard InChI is InChI=1S/C17H12F5NO3/c1-16(26,17(20,21)22)15(25)23-10-7-5-9(6-8-10)14(24)11-3-2-4-12(18)13(11)19/h2-8,26H,1H3,(H,23,25). The summed E-state index contributed by atoms with van der Waals surface area (Å²) in [5.41, 5.74) is -4.32. The summed E-state index contributed by atoms with van der Waals surface area (Å²) in [4.78, 5) is 23.7. The van der Waals surface area contributed by atoms with Gasteiger partial charge in [0.2, 0.25) is 5.60 Å². The van der Waals surface area contributed by atoms with Gasteiger partial charge in [-0.25, -0.2) is 8.78 Å². The van der Waals surface area contributed by atoms with Crippen LogP contribution in [0.4, 0.5) is 27.6 Å². The maximum Gasteiger partial charge on any atom is 0.426 e. The van der Waals surface area contributed by atoms with Crippen LogP contribution in [0.5, 0.6) is 0 Å². The molecule has 2 aromatic rings. The van der Waals surface area contributed by atoms with Crippen molar-refractivity contribution < 1.29 is 36.6 Å². The Hall–Kier alpha value is -2.81. The number of anilines is 1. The molecule has 0 aliphatic heterocycles. The highest BCUT2D eigenvalue weighted by atomic mass is 19.4. The molecule has 1 atom stereocenters. The van der Waals surface area contributed by atoms with Crippen molar-refractivity contribution in [3.05, 3.63) is 65.2 Å². The molecule has 2 rings (SSSR count). The van der Waals surface area contributed by atoms with Gasteiger partial charge in [0.25, 0.3) is 5.91 Å². The Kier molecular flexibility index (Phi) is 5.13. The highest BCUT2D eigenvalue weighted by Crippen LogP contribution is 2.31. The molecule has 0 aliphatic rings. The normalized spacial score (nSPS) is 13.8. The van der Waals surface area contributed by atoms with Crippen LogP contribution >= 0.6 is 0 Å². The van der Waals surface area contributed by atoms with Gasteiger partial charge < -0.3 is 10.4 Å². The fraction of sp³-hybridized carbons (Fsp3) is 0.176. The smallest absolute Gasteiger partial charge is 0.373 e. The Labute approximate surface area is 144 Å². The summed E-state index contributed by atoms with van der Waals surface area (Å²) in [5, 5.41) is 11.1. The minimum atomic E-state index is -5.18. The Morgan fingerprint density at radius 3 is 2.12 bits per heavy atom. The van der Waals surface area contributed by atoms with Crippen LogP contribution < -0.4 is 5.32 Å². The van der Waals surface area contributed by atoms with Crippen LogP contribution in [-0.4, -0.2) is 28.6 Å². The average molecular weight is 373 g/mol. The van der Waals surface area contributed by atoms with Gasteiger partial charge in [0.15, 0.2) is 17.4 Å². The van der Waals surface area contributed by atoms with Crippen molar-refractivity contribution in [2.45, 2.75) is 18.7 Å². The molecule has 0 saturated carbocycles. The zero-order valence-corrected chi connectivity index (χ0v) is 13.2. The van der Waals surface area contributed by atoms with Gasteiger partial charge in [-0.1, -0.05) is 6.07 Å². The third kappa shape index (κ3) is 3.72. The highest BCUT2D eigenvalue weighted by molar-refractivity contribution is 6.09. The van der Waals surface area contributed by atoms with Crippen molar-refractivity contribution in [1.29, 1.82) is 0 Å². The Morgan fingerprint density at radius 1 is 1.00 bits per heavy atom. The lowest BCUT2D eigenvalue weighted by Gasteiger charge is -2.24. The second-order valence-corrected chi connectivity index (χ2v) is 5.53. The number of rotatable bonds is 4. The number of hydrogen-bond donors (Lipinski definition) is 2. The minimum Gasteiger partial charge on any atom is -0.373 e. The first kappa shape index (κ1) is 19.5. The van der Waals surface area contributed by atoms with E-state index in [2.05, 4.69) is 0 Å². The van der Waals surface area contributed by atoms with Crippen molar-refractivity contribution in [2.75, 3.05) is 5.32 Å². The molecule has 1 unspecified atom stereocenters. The summed E-state index contributed by atoms with van der Waals surface area (Å²) < 4.78 is 64.6. The summed E-state index contributed by atoms with van der Waals surface area (Å²) in [6, 6.07) is 7.49. The number of amides is 1. The van der Waals surface area contributed by atoms with Crippen molar-refractivity contribution in [1.82, 2.24) is 0 Å². The Balaban J connectivity index is 2.20. The van der Waals surface area contributed by atoms with Crippen molar-refractivity contribution in [3.63, 3.8) is 0 Å². The van der Waals surface area contributed by atoms with Crippen molar-refractivity contribution in [3.8, 4) is 0 Å². The second kappa shape index (κ2) is 6.83. The summed E-state index contributed by atoms with van der Waals surface area (Å²) in [7, 11) is 0. The SMILES string of the molecule is CC(O)(C(=O)Nc1ccc(C(=O)c2cccc(F)c2F)cc1)C(F)(F)F. The summed E-state index contributed by atoms with van der Waals surface area (Å²) in [6.45, 7) is 0.299. The molecule has 0 heterocycles. The lowest BCUT2D eigenvalue weighted by Crippen LogP contribution is -2.52. The zero-order chi connectivity index (χ0) is 19.7. The van der Waals surface area contributed by atoms with E-state index in [0.29, 0.717) is 6.92 Å². The van der Waals surface area contributed by atoms with E-state index >= 15 is 0 Å². The zero-order valence-electron chi connectivity index (χ0n) is 13.2. The molecule has 0 bridgehead atoms. The number of nitrogens with one attached hydrogen (secondary N) is 1. The Bertz CT molecular complexity index is 844. The van der Waals surface area contributed by atoms with Gasteiger partial charge in [-0.15, -0.1) is 0 Å². The molecule has 1 amide bonds. The first-order valence-electron chi connectivity index (χ1n) is 7.14. The first-order chi connectivity index (χ1) is 11.9. The summed E-state index contributed by atoms with van der Waals surface area (Å²) in [5.74, 6) is -5.08. The number of alkyl halides is 3. The van der Waals surface area contributed by atoms with Crippen LogP contribution in [0.25, 0.3) is 0 Å². The topological polar surface area (TPSA) is 66.4 Å². The third-order valence-electron chi connectivity index (χ3n) is 3.60. The van der Waals surface area contributed by atoms with Crippen LogP contribution in [0.15, 0.2) is 42.5 Å². The fourth-order valence-corrected chi connectivity index (χ4v) is 1.92. The highest BCUT2D eigenvalue weighted by Gasteiger charge is 2.55. The van der Waals surface area contributed by atoms with Gasteiger partial charge in [-0.05, 0) is 43.3 Å². The summed E-state index contributed by atoms with van der Waals surface area (Å²) in [6.07, 6.45) is -5.18. The van der Waals surface area contributed by atoms with Crippen LogP contribution in [0.2, 0.25) is 0 Å². The number of hydrogen-bond acceptors (Lipinski definition) is 3. The number of benzene rings is 2. The van der Waals surface area contributed by atoms with E-state index in [4.69, 9.17) is 0 Å². The monoisotopic (exact) mass is 373 g/mol. The van der Waals surface area contributed by atoms with E-state index in [9.17, 15) is 36.6 Å². The number of carbonyl (C=O) groups excluding carboxylic acids is 2. The maximum atomic E-state index is 13.6. The van der Waals surface area contributed by atoms with Gasteiger partial charge >= 0.3 is 6.18 Å². The number of halogens is 5. The van der Waals surface area contributed by atoms with Crippen molar-refractivity contribution >= 4 is 17.4 Å². The second-order valence-electron chi connectivity index (χ2n) is 5.53. The predicted octanol–water partition coefficient (Wildman–Crippen LogP) is 3.45. The van der Waals surface area contributed by atoms with E-state index in [1.807, 2.05) is 5.32 Å². The van der Waals surface area contributed by atoms with E-state index < -0.39 is 40.7 Å². The molecule has 0 spiro atoms. The van der Waals surface area contributed by atoms with Gasteiger partial charge in [-0.3, -0.25) is 9.59 Å². The molecule has 138 valence electrons. The molecule has 9 heteroatoms. The van der Waals surface area contributed by atoms with Crippen LogP contribution in [0.1, 0.15) is 22.8 Å². The lowest BCUT2D eigenvalue weighted by atomic mass is 10.0. The minimum absolute atomic E-state index is 0.0740. The molecule has 0 fully saturated rings. The predicted molar refractivity (Wildman–Crippen MR) is 81.5 cm³/mol. The molecular weight excluding hydrogens is 361 g/mol. The number of ketones is 1. The molecule has 0 aromatic heterocycles. The van der Waals surface area contributed by atoms with Gasteiger partial charge in [0.05, 0.1) is 5.56 Å². The molecule has 0 aliphatic carbocycles. The number of aliphatic hydroxyl groups is 1. The largest absolute Gasteiger partial charge is 0.426 e. The lowest BCUT2D eigenvalue weighted by molar-refractivity contribution is -0.242. The third-order valence-corrected chi connectivity index (χ3v) is 3.60. The van der Waals surface area contributed by atoms with Crippen LogP contribution in [0, 0.1) is 11.6 Å². The number of carbonyl (C=O) groups is 2. The maximum absolute atomic E-state index is 13.6. The molecule has 0 radical (unpaired) electrons. The van der Waals surface area contributed by atoms with E-state index in [1.165, 1.54) is 0 Å². The van der Waals surface area contributed by atoms with Gasteiger partial charge in [-0.2, -0.15) is 13.2 Å². The Morgan fingerprint density at radius 2 is 1.58 bits per heavy atom. The van der Waals surface area contributed by atoms with Gasteiger partial charge in [0, 0.05) is 11.3 Å². The summed E-state index contributed by atoms with van der Waals surface area (Å²) >= 11 is 0. The molecule has 0 saturated heterocycles. The van der Waals surface area contributed by atoms with Crippen molar-refractivity contribution in [2.24, 2.45) is 0 Å². The van der Waals surface area contributed by atoms with Crippen LogP contribution in [0.3, 0.4) is 0 Å². The van der Waals surface area contributed by atoms with E-state index in [1.54, 1.807) is 0 Å². The molecule has 2 N–H and O–H groups in total. The fourth-order valence-electron chi connectivity index (χ4n) is 1.92. The molecular formula is C17H12F5NO3. The molecule has 26 heavy (non-hydrogen) atoms. The first-order valence-corrected chi connectivity index (χ1v) is 7.14. The van der Waals surface area contributed by atoms with Crippen LogP contribution in [-0.2, 0) is 4.79 Å². The van der Waals surface area contributed by atoms with Gasteiger partial charge in [0.1, 0.15) is 0 Å². The van der Waals surface area contributed by atoms with E-state index in [0.717, 1.165) is 42.5 Å². The quantitative estimate of drug-likeness (QED) is 0.637.